The summed E-state index contributed by atoms with van der Waals surface area (Å²) in [5.74, 6) is 0.0828. The van der Waals surface area contributed by atoms with Crippen LogP contribution in [0.25, 0.3) is 5.57 Å². The molecule has 1 aromatic rings. The highest BCUT2D eigenvalue weighted by Gasteiger charge is 2.11. The van der Waals surface area contributed by atoms with Gasteiger partial charge in [0.05, 0.1) is 14.2 Å². The van der Waals surface area contributed by atoms with Gasteiger partial charge in [0.1, 0.15) is 5.75 Å². The van der Waals surface area contributed by atoms with Crippen molar-refractivity contribution >= 4 is 11.5 Å². The predicted molar refractivity (Wildman–Crippen MR) is 56.8 cm³/mol. The van der Waals surface area contributed by atoms with Crippen molar-refractivity contribution < 1.29 is 14.3 Å². The highest BCUT2D eigenvalue weighted by atomic mass is 16.5. The lowest BCUT2D eigenvalue weighted by Crippen LogP contribution is -2.05. The molecule has 1 heterocycles. The van der Waals surface area contributed by atoms with Crippen molar-refractivity contribution in [2.24, 2.45) is 0 Å². The van der Waals surface area contributed by atoms with Crippen molar-refractivity contribution in [2.45, 2.75) is 6.92 Å². The Kier molecular flexibility index (Phi) is 3.44. The zero-order valence-electron chi connectivity index (χ0n) is 9.03. The lowest BCUT2D eigenvalue weighted by molar-refractivity contribution is 0.0593. The quantitative estimate of drug-likeness (QED) is 0.710. The zero-order chi connectivity index (χ0) is 11.4. The number of carbonyl (C=O) groups excluding carboxylic acids is 1. The Labute approximate surface area is 88.5 Å². The number of ether oxygens (including phenoxy) is 2. The van der Waals surface area contributed by atoms with E-state index in [0.29, 0.717) is 5.75 Å². The van der Waals surface area contributed by atoms with Crippen molar-refractivity contribution in [3.05, 3.63) is 30.1 Å². The van der Waals surface area contributed by atoms with Gasteiger partial charge < -0.3 is 9.47 Å². The van der Waals surface area contributed by atoms with E-state index in [-0.39, 0.29) is 5.69 Å². The molecule has 0 spiro atoms. The molecular weight excluding hydrogens is 194 g/mol. The third-order valence-corrected chi connectivity index (χ3v) is 1.94. The van der Waals surface area contributed by atoms with E-state index in [9.17, 15) is 4.79 Å². The average molecular weight is 207 g/mol. The van der Waals surface area contributed by atoms with Gasteiger partial charge in [0.2, 0.25) is 0 Å². The SMILES string of the molecule is C=C(C)c1cnc(C(=O)OC)cc1OC. The molecule has 0 bridgehead atoms. The molecule has 0 saturated heterocycles. The Hall–Kier alpha value is -1.84. The molecule has 0 aliphatic carbocycles. The summed E-state index contributed by atoms with van der Waals surface area (Å²) in [6.45, 7) is 5.64. The number of rotatable bonds is 3. The van der Waals surface area contributed by atoms with E-state index in [0.717, 1.165) is 11.1 Å². The molecule has 0 radical (unpaired) electrons. The normalized spacial score (nSPS) is 9.53. The molecular formula is C11H13NO3. The van der Waals surface area contributed by atoms with Crippen molar-refractivity contribution in [1.82, 2.24) is 4.98 Å². The minimum atomic E-state index is -0.485. The van der Waals surface area contributed by atoms with Gasteiger partial charge in [0.25, 0.3) is 0 Å². The lowest BCUT2D eigenvalue weighted by Gasteiger charge is -2.08. The number of aromatic nitrogens is 1. The maximum absolute atomic E-state index is 11.2. The van der Waals surface area contributed by atoms with Crippen LogP contribution in [0.4, 0.5) is 0 Å². The molecule has 80 valence electrons. The third-order valence-electron chi connectivity index (χ3n) is 1.94. The number of methoxy groups -OCH3 is 2. The van der Waals surface area contributed by atoms with Crippen molar-refractivity contribution in [3.63, 3.8) is 0 Å². The summed E-state index contributed by atoms with van der Waals surface area (Å²) in [5.41, 5.74) is 1.83. The summed E-state index contributed by atoms with van der Waals surface area (Å²) < 4.78 is 9.69. The van der Waals surface area contributed by atoms with Gasteiger partial charge in [-0.15, -0.1) is 0 Å². The van der Waals surface area contributed by atoms with Crippen molar-refractivity contribution in [2.75, 3.05) is 14.2 Å². The Morgan fingerprint density at radius 1 is 1.47 bits per heavy atom. The molecule has 0 unspecified atom stereocenters. The number of hydrogen-bond donors (Lipinski definition) is 0. The second kappa shape index (κ2) is 4.59. The van der Waals surface area contributed by atoms with Crippen LogP contribution >= 0.6 is 0 Å². The van der Waals surface area contributed by atoms with Crippen molar-refractivity contribution in [3.8, 4) is 5.75 Å². The first-order valence-electron chi connectivity index (χ1n) is 4.38. The molecule has 0 aliphatic heterocycles. The maximum Gasteiger partial charge on any atom is 0.356 e. The fourth-order valence-electron chi connectivity index (χ4n) is 1.14. The van der Waals surface area contributed by atoms with Gasteiger partial charge in [-0.05, 0) is 12.5 Å². The van der Waals surface area contributed by atoms with E-state index in [1.807, 2.05) is 6.92 Å². The first kappa shape index (κ1) is 11.2. The molecule has 1 rings (SSSR count). The molecule has 0 fully saturated rings. The molecule has 0 N–H and O–H groups in total. The van der Waals surface area contributed by atoms with Gasteiger partial charge in [-0.3, -0.25) is 0 Å². The van der Waals surface area contributed by atoms with Crippen LogP contribution in [0.3, 0.4) is 0 Å². The number of allylic oxidation sites excluding steroid dienone is 1. The van der Waals surface area contributed by atoms with Gasteiger partial charge in [-0.2, -0.15) is 0 Å². The summed E-state index contributed by atoms with van der Waals surface area (Å²) >= 11 is 0. The van der Waals surface area contributed by atoms with Crippen LogP contribution in [0.1, 0.15) is 23.0 Å². The highest BCUT2D eigenvalue weighted by molar-refractivity contribution is 5.88. The van der Waals surface area contributed by atoms with Gasteiger partial charge in [0, 0.05) is 17.8 Å². The standard InChI is InChI=1S/C11H13NO3/c1-7(2)8-6-12-9(11(13)15-4)5-10(8)14-3/h5-6H,1H2,2-4H3. The largest absolute Gasteiger partial charge is 0.496 e. The van der Waals surface area contributed by atoms with Crippen LogP contribution in [0, 0.1) is 0 Å². The summed E-state index contributed by atoms with van der Waals surface area (Å²) in [5, 5.41) is 0. The molecule has 0 aliphatic rings. The minimum Gasteiger partial charge on any atom is -0.496 e. The number of esters is 1. The van der Waals surface area contributed by atoms with Gasteiger partial charge >= 0.3 is 5.97 Å². The monoisotopic (exact) mass is 207 g/mol. The van der Waals surface area contributed by atoms with Crippen LogP contribution in [0.15, 0.2) is 18.8 Å². The molecule has 0 atom stereocenters. The Morgan fingerprint density at radius 2 is 2.13 bits per heavy atom. The number of hydrogen-bond acceptors (Lipinski definition) is 4. The highest BCUT2D eigenvalue weighted by Crippen LogP contribution is 2.24. The summed E-state index contributed by atoms with van der Waals surface area (Å²) in [6, 6.07) is 1.54. The Bertz CT molecular complexity index is 399. The lowest BCUT2D eigenvalue weighted by atomic mass is 10.1. The van der Waals surface area contributed by atoms with Crippen LogP contribution in [0.2, 0.25) is 0 Å². The van der Waals surface area contributed by atoms with E-state index >= 15 is 0 Å². The fourth-order valence-corrected chi connectivity index (χ4v) is 1.14. The number of nitrogens with zero attached hydrogens (tertiary/aromatic N) is 1. The molecule has 4 heteroatoms. The molecule has 0 amide bonds. The van der Waals surface area contributed by atoms with Crippen LogP contribution in [-0.4, -0.2) is 25.2 Å². The van der Waals surface area contributed by atoms with E-state index < -0.39 is 5.97 Å². The van der Waals surface area contributed by atoms with E-state index in [2.05, 4.69) is 16.3 Å². The smallest absolute Gasteiger partial charge is 0.356 e. The van der Waals surface area contributed by atoms with Crippen molar-refractivity contribution in [1.29, 1.82) is 0 Å². The second-order valence-electron chi connectivity index (χ2n) is 3.04. The summed E-state index contributed by atoms with van der Waals surface area (Å²) in [4.78, 5) is 15.2. The number of pyridine rings is 1. The fraction of sp³-hybridized carbons (Fsp3) is 0.273. The summed E-state index contributed by atoms with van der Waals surface area (Å²) in [7, 11) is 2.84. The van der Waals surface area contributed by atoms with Crippen LogP contribution < -0.4 is 4.74 Å². The maximum atomic E-state index is 11.2. The molecule has 0 saturated carbocycles. The van der Waals surface area contributed by atoms with Gasteiger partial charge in [-0.1, -0.05) is 6.58 Å². The van der Waals surface area contributed by atoms with Crippen LogP contribution in [0.5, 0.6) is 5.75 Å². The second-order valence-corrected chi connectivity index (χ2v) is 3.04. The Balaban J connectivity index is 3.19. The minimum absolute atomic E-state index is 0.222. The van der Waals surface area contributed by atoms with Gasteiger partial charge in [-0.25, -0.2) is 9.78 Å². The average Bonchev–Trinajstić information content (AvgIpc) is 2.26. The third kappa shape index (κ3) is 2.34. The predicted octanol–water partition coefficient (Wildman–Crippen LogP) is 1.91. The summed E-state index contributed by atoms with van der Waals surface area (Å²) in [6.07, 6.45) is 1.55. The van der Waals surface area contributed by atoms with Crippen LogP contribution in [-0.2, 0) is 4.74 Å². The molecule has 0 aromatic carbocycles. The van der Waals surface area contributed by atoms with E-state index in [1.165, 1.54) is 20.3 Å². The molecule has 4 nitrogen and oxygen atoms in total. The first-order chi connectivity index (χ1) is 7.10. The Morgan fingerprint density at radius 3 is 2.60 bits per heavy atom. The van der Waals surface area contributed by atoms with E-state index in [1.54, 1.807) is 6.20 Å². The zero-order valence-corrected chi connectivity index (χ0v) is 9.03. The van der Waals surface area contributed by atoms with E-state index in [4.69, 9.17) is 4.74 Å². The number of carbonyl (C=O) groups is 1. The van der Waals surface area contributed by atoms with Gasteiger partial charge in [0.15, 0.2) is 5.69 Å². The molecule has 15 heavy (non-hydrogen) atoms. The topological polar surface area (TPSA) is 48.4 Å². The first-order valence-corrected chi connectivity index (χ1v) is 4.38. The molecule has 1 aromatic heterocycles.